The van der Waals surface area contributed by atoms with Crippen LogP contribution >= 0.6 is 0 Å². The van der Waals surface area contributed by atoms with Crippen molar-refractivity contribution in [3.05, 3.63) is 18.3 Å². The van der Waals surface area contributed by atoms with Crippen LogP contribution in [0.25, 0.3) is 11.2 Å². The number of pyridine rings is 1. The molecule has 0 bridgehead atoms. The van der Waals surface area contributed by atoms with E-state index in [4.69, 9.17) is 0 Å². The molecule has 0 saturated carbocycles. The standard InChI is InChI=1S/C11H14N4O2S/c16-18(17)6-2-3-9(8-18)7-15-11-10(13-14-15)4-1-5-12-11/h1,4-5,9H,2-3,6-8H2. The summed E-state index contributed by atoms with van der Waals surface area (Å²) in [6.45, 7) is 0.576. The number of rotatable bonds is 2. The number of hydrogen-bond donors (Lipinski definition) is 0. The summed E-state index contributed by atoms with van der Waals surface area (Å²) in [7, 11) is -2.87. The molecule has 18 heavy (non-hydrogen) atoms. The summed E-state index contributed by atoms with van der Waals surface area (Å²) in [6.07, 6.45) is 3.36. The van der Waals surface area contributed by atoms with Crippen molar-refractivity contribution in [3.63, 3.8) is 0 Å². The van der Waals surface area contributed by atoms with E-state index < -0.39 is 9.84 Å². The molecule has 7 heteroatoms. The monoisotopic (exact) mass is 266 g/mol. The van der Waals surface area contributed by atoms with Crippen LogP contribution in [0.15, 0.2) is 18.3 Å². The minimum absolute atomic E-state index is 0.121. The van der Waals surface area contributed by atoms with Crippen molar-refractivity contribution in [2.45, 2.75) is 19.4 Å². The molecule has 0 radical (unpaired) electrons. The van der Waals surface area contributed by atoms with Crippen molar-refractivity contribution in [1.29, 1.82) is 0 Å². The second-order valence-corrected chi connectivity index (χ2v) is 6.97. The van der Waals surface area contributed by atoms with Gasteiger partial charge in [-0.15, -0.1) is 5.10 Å². The molecule has 2 aromatic rings. The molecule has 1 atom stereocenters. The van der Waals surface area contributed by atoms with Crippen molar-refractivity contribution < 1.29 is 8.42 Å². The third-order valence-electron chi connectivity index (χ3n) is 3.26. The van der Waals surface area contributed by atoms with Crippen LogP contribution in [-0.2, 0) is 16.4 Å². The summed E-state index contributed by atoms with van der Waals surface area (Å²) in [5, 5.41) is 8.07. The highest BCUT2D eigenvalue weighted by molar-refractivity contribution is 7.91. The number of aromatic nitrogens is 4. The van der Waals surface area contributed by atoms with Crippen molar-refractivity contribution in [1.82, 2.24) is 20.0 Å². The fourth-order valence-electron chi connectivity index (χ4n) is 2.44. The van der Waals surface area contributed by atoms with Crippen LogP contribution < -0.4 is 0 Å². The predicted molar refractivity (Wildman–Crippen MR) is 66.7 cm³/mol. The second kappa shape index (κ2) is 4.31. The average molecular weight is 266 g/mol. The molecule has 1 aliphatic heterocycles. The number of hydrogen-bond acceptors (Lipinski definition) is 5. The molecule has 0 spiro atoms. The molecular formula is C11H14N4O2S. The van der Waals surface area contributed by atoms with E-state index in [2.05, 4.69) is 15.3 Å². The van der Waals surface area contributed by atoms with E-state index in [1.165, 1.54) is 0 Å². The van der Waals surface area contributed by atoms with Gasteiger partial charge in [-0.25, -0.2) is 18.1 Å². The number of nitrogens with zero attached hydrogens (tertiary/aromatic N) is 4. The molecule has 96 valence electrons. The molecule has 2 aromatic heterocycles. The maximum absolute atomic E-state index is 11.6. The smallest absolute Gasteiger partial charge is 0.178 e. The quantitative estimate of drug-likeness (QED) is 0.797. The molecule has 6 nitrogen and oxygen atoms in total. The second-order valence-electron chi connectivity index (χ2n) is 4.74. The highest BCUT2D eigenvalue weighted by atomic mass is 32.2. The number of sulfone groups is 1. The summed E-state index contributed by atoms with van der Waals surface area (Å²) in [6, 6.07) is 3.66. The SMILES string of the molecule is O=S1(=O)CCCC(Cn2nnc3cccnc32)C1. The fraction of sp³-hybridized carbons (Fsp3) is 0.545. The Bertz CT molecular complexity index is 664. The Hall–Kier alpha value is -1.50. The molecule has 1 fully saturated rings. The first-order valence-electron chi connectivity index (χ1n) is 5.99. The lowest BCUT2D eigenvalue weighted by Gasteiger charge is -2.21. The van der Waals surface area contributed by atoms with Crippen LogP contribution in [0.2, 0.25) is 0 Å². The molecule has 0 aliphatic carbocycles. The van der Waals surface area contributed by atoms with E-state index in [1.54, 1.807) is 10.9 Å². The van der Waals surface area contributed by atoms with Crippen LogP contribution in [0.4, 0.5) is 0 Å². The molecule has 1 saturated heterocycles. The molecule has 0 amide bonds. The number of fused-ring (bicyclic) bond motifs is 1. The van der Waals surface area contributed by atoms with Crippen molar-refractivity contribution in [2.24, 2.45) is 5.92 Å². The Kier molecular flexibility index (Phi) is 2.77. The summed E-state index contributed by atoms with van der Waals surface area (Å²) in [5.74, 6) is 0.691. The van der Waals surface area contributed by atoms with Gasteiger partial charge in [-0.2, -0.15) is 0 Å². The lowest BCUT2D eigenvalue weighted by atomic mass is 10.1. The van der Waals surface area contributed by atoms with Gasteiger partial charge >= 0.3 is 0 Å². The molecule has 0 N–H and O–H groups in total. The highest BCUT2D eigenvalue weighted by Crippen LogP contribution is 2.20. The Morgan fingerprint density at radius 2 is 2.33 bits per heavy atom. The van der Waals surface area contributed by atoms with Gasteiger partial charge in [-0.3, -0.25) is 0 Å². The van der Waals surface area contributed by atoms with E-state index >= 15 is 0 Å². The molecule has 3 rings (SSSR count). The first-order valence-corrected chi connectivity index (χ1v) is 7.81. The summed E-state index contributed by atoms with van der Waals surface area (Å²) >= 11 is 0. The third-order valence-corrected chi connectivity index (χ3v) is 5.15. The van der Waals surface area contributed by atoms with E-state index in [9.17, 15) is 8.42 Å². The topological polar surface area (TPSA) is 77.7 Å². The first-order chi connectivity index (χ1) is 8.64. The van der Waals surface area contributed by atoms with Gasteiger partial charge in [0.15, 0.2) is 15.5 Å². The molecule has 1 unspecified atom stereocenters. The fourth-order valence-corrected chi connectivity index (χ4v) is 4.20. The Labute approximate surface area is 105 Å². The van der Waals surface area contributed by atoms with Crippen LogP contribution in [0, 0.1) is 5.92 Å². The molecule has 1 aliphatic rings. The summed E-state index contributed by atoms with van der Waals surface area (Å²) in [5.41, 5.74) is 1.47. The van der Waals surface area contributed by atoms with Crippen LogP contribution in [0.3, 0.4) is 0 Å². The normalized spacial score (nSPS) is 23.2. The van der Waals surface area contributed by atoms with Crippen molar-refractivity contribution >= 4 is 21.0 Å². The Balaban J connectivity index is 1.84. The Morgan fingerprint density at radius 3 is 3.17 bits per heavy atom. The van der Waals surface area contributed by atoms with Gasteiger partial charge in [0.1, 0.15) is 5.52 Å². The van der Waals surface area contributed by atoms with Crippen LogP contribution in [0.5, 0.6) is 0 Å². The average Bonchev–Trinajstić information content (AvgIpc) is 2.72. The largest absolute Gasteiger partial charge is 0.235 e. The minimum Gasteiger partial charge on any atom is -0.235 e. The van der Waals surface area contributed by atoms with Crippen molar-refractivity contribution in [3.8, 4) is 0 Å². The lowest BCUT2D eigenvalue weighted by molar-refractivity contribution is 0.406. The Morgan fingerprint density at radius 1 is 1.44 bits per heavy atom. The zero-order chi connectivity index (χ0) is 12.6. The van der Waals surface area contributed by atoms with E-state index in [-0.39, 0.29) is 11.7 Å². The summed E-state index contributed by atoms with van der Waals surface area (Å²) < 4.78 is 24.9. The highest BCUT2D eigenvalue weighted by Gasteiger charge is 2.25. The van der Waals surface area contributed by atoms with Crippen LogP contribution in [0.1, 0.15) is 12.8 Å². The van der Waals surface area contributed by atoms with E-state index in [0.29, 0.717) is 12.3 Å². The lowest BCUT2D eigenvalue weighted by Crippen LogP contribution is -2.28. The van der Waals surface area contributed by atoms with Gasteiger partial charge in [0.25, 0.3) is 0 Å². The maximum Gasteiger partial charge on any atom is 0.178 e. The molecule has 0 aromatic carbocycles. The maximum atomic E-state index is 11.6. The molecule has 3 heterocycles. The zero-order valence-electron chi connectivity index (χ0n) is 9.86. The summed E-state index contributed by atoms with van der Waals surface area (Å²) in [4.78, 5) is 4.23. The van der Waals surface area contributed by atoms with Gasteiger partial charge < -0.3 is 0 Å². The van der Waals surface area contributed by atoms with Crippen LogP contribution in [-0.4, -0.2) is 39.9 Å². The van der Waals surface area contributed by atoms with Gasteiger partial charge in [0, 0.05) is 12.7 Å². The third kappa shape index (κ3) is 2.22. The van der Waals surface area contributed by atoms with E-state index in [1.807, 2.05) is 12.1 Å². The first kappa shape index (κ1) is 11.6. The van der Waals surface area contributed by atoms with Crippen molar-refractivity contribution in [2.75, 3.05) is 11.5 Å². The van der Waals surface area contributed by atoms with Gasteiger partial charge in [-0.1, -0.05) is 5.21 Å². The van der Waals surface area contributed by atoms with E-state index in [0.717, 1.165) is 24.0 Å². The predicted octanol–water partition coefficient (Wildman–Crippen LogP) is 0.651. The van der Waals surface area contributed by atoms with Gasteiger partial charge in [0.05, 0.1) is 11.5 Å². The van der Waals surface area contributed by atoms with Gasteiger partial charge in [-0.05, 0) is 30.9 Å². The zero-order valence-corrected chi connectivity index (χ0v) is 10.7. The van der Waals surface area contributed by atoms with Gasteiger partial charge in [0.2, 0.25) is 0 Å². The minimum atomic E-state index is -2.87. The molecular weight excluding hydrogens is 252 g/mol.